The van der Waals surface area contributed by atoms with E-state index in [1.807, 2.05) is 48.5 Å². The number of aliphatic imine (C=N–C) groups is 1. The molecule has 0 aliphatic carbocycles. The van der Waals surface area contributed by atoms with E-state index in [0.717, 1.165) is 16.9 Å². The molecule has 1 heterocycles. The highest BCUT2D eigenvalue weighted by molar-refractivity contribution is 8.18. The highest BCUT2D eigenvalue weighted by atomic mass is 35.5. The van der Waals surface area contributed by atoms with E-state index in [4.69, 9.17) is 22.1 Å². The number of hydrogen-bond acceptors (Lipinski definition) is 4. The predicted octanol–water partition coefficient (Wildman–Crippen LogP) is 3.85. The molecule has 1 aliphatic heterocycles. The smallest absolute Gasteiger partial charge is 0.286 e. The van der Waals surface area contributed by atoms with Gasteiger partial charge in [-0.15, -0.1) is 0 Å². The lowest BCUT2D eigenvalue weighted by molar-refractivity contribution is -0.113. The largest absolute Gasteiger partial charge is 0.489 e. The molecule has 0 aromatic heterocycles. The quantitative estimate of drug-likeness (QED) is 0.856. The first-order valence-corrected chi connectivity index (χ1v) is 8.05. The number of thioether (sulfide) groups is 1. The normalized spacial score (nSPS) is 15.8. The van der Waals surface area contributed by atoms with Gasteiger partial charge in [-0.25, -0.2) is 0 Å². The van der Waals surface area contributed by atoms with Gasteiger partial charge >= 0.3 is 0 Å². The zero-order chi connectivity index (χ0) is 16.2. The summed E-state index contributed by atoms with van der Waals surface area (Å²) in [6.45, 7) is 0.445. The van der Waals surface area contributed by atoms with Gasteiger partial charge in [0.1, 0.15) is 12.4 Å². The monoisotopic (exact) mass is 344 g/mol. The van der Waals surface area contributed by atoms with Crippen LogP contribution in [0.4, 0.5) is 0 Å². The van der Waals surface area contributed by atoms with Crippen LogP contribution >= 0.6 is 23.4 Å². The van der Waals surface area contributed by atoms with Gasteiger partial charge in [-0.2, -0.15) is 4.99 Å². The van der Waals surface area contributed by atoms with E-state index in [1.165, 1.54) is 11.8 Å². The number of nitrogens with zero attached hydrogens (tertiary/aromatic N) is 1. The van der Waals surface area contributed by atoms with Crippen LogP contribution in [0.3, 0.4) is 0 Å². The Morgan fingerprint density at radius 3 is 2.70 bits per heavy atom. The molecule has 0 bridgehead atoms. The molecule has 0 unspecified atom stereocenters. The molecule has 1 aliphatic rings. The first-order valence-electron chi connectivity index (χ1n) is 6.85. The molecule has 0 radical (unpaired) electrons. The molecular formula is C17H13ClN2O2S. The molecule has 0 saturated carbocycles. The molecule has 6 heteroatoms. The Balaban J connectivity index is 1.69. The second-order valence-corrected chi connectivity index (χ2v) is 6.35. The average molecular weight is 345 g/mol. The van der Waals surface area contributed by atoms with E-state index >= 15 is 0 Å². The Hall–Kier alpha value is -2.24. The molecule has 0 fully saturated rings. The second kappa shape index (κ2) is 6.89. The Labute approximate surface area is 143 Å². The van der Waals surface area contributed by atoms with Gasteiger partial charge in [0.25, 0.3) is 5.91 Å². The van der Waals surface area contributed by atoms with Gasteiger partial charge in [0, 0.05) is 5.02 Å². The zero-order valence-corrected chi connectivity index (χ0v) is 13.6. The molecule has 1 amide bonds. The Morgan fingerprint density at radius 1 is 1.22 bits per heavy atom. The minimum Gasteiger partial charge on any atom is -0.489 e. The number of amides is 1. The van der Waals surface area contributed by atoms with Crippen LogP contribution in [0.15, 0.2) is 58.4 Å². The SMILES string of the molecule is NC1=NC(=O)/C(=C\c2cccc(OCc3ccc(Cl)cc3)c2)S1. The average Bonchev–Trinajstić information content (AvgIpc) is 2.85. The molecule has 23 heavy (non-hydrogen) atoms. The van der Waals surface area contributed by atoms with Crippen molar-refractivity contribution >= 4 is 40.5 Å². The molecule has 2 aromatic carbocycles. The number of carbonyl (C=O) groups is 1. The number of benzene rings is 2. The van der Waals surface area contributed by atoms with Crippen molar-refractivity contribution in [3.8, 4) is 5.75 Å². The molecule has 2 N–H and O–H groups in total. The van der Waals surface area contributed by atoms with Gasteiger partial charge in [-0.05, 0) is 53.2 Å². The van der Waals surface area contributed by atoms with Gasteiger partial charge in [-0.1, -0.05) is 35.9 Å². The number of nitrogens with two attached hydrogens (primary N) is 1. The molecule has 0 saturated heterocycles. The summed E-state index contributed by atoms with van der Waals surface area (Å²) in [6, 6.07) is 15.0. The summed E-state index contributed by atoms with van der Waals surface area (Å²) < 4.78 is 5.77. The summed E-state index contributed by atoms with van der Waals surface area (Å²) in [5.74, 6) is 0.415. The van der Waals surface area contributed by atoms with Crippen LogP contribution in [0.25, 0.3) is 6.08 Å². The Bertz CT molecular complexity index is 800. The summed E-state index contributed by atoms with van der Waals surface area (Å²) in [4.78, 5) is 15.8. The third-order valence-corrected chi connectivity index (χ3v) is 4.18. The van der Waals surface area contributed by atoms with E-state index < -0.39 is 0 Å². The highest BCUT2D eigenvalue weighted by Gasteiger charge is 2.19. The Morgan fingerprint density at radius 2 is 2.00 bits per heavy atom. The van der Waals surface area contributed by atoms with E-state index in [0.29, 0.717) is 16.5 Å². The first kappa shape index (κ1) is 15.6. The van der Waals surface area contributed by atoms with Crippen LogP contribution in [0.1, 0.15) is 11.1 Å². The molecule has 3 rings (SSSR count). The molecule has 0 atom stereocenters. The van der Waals surface area contributed by atoms with Crippen LogP contribution in [-0.4, -0.2) is 11.1 Å². The summed E-state index contributed by atoms with van der Waals surface area (Å²) in [7, 11) is 0. The number of carbonyl (C=O) groups excluding carboxylic acids is 1. The van der Waals surface area contributed by atoms with E-state index in [9.17, 15) is 4.79 Å². The van der Waals surface area contributed by atoms with Crippen molar-refractivity contribution in [1.82, 2.24) is 0 Å². The molecular weight excluding hydrogens is 332 g/mol. The van der Waals surface area contributed by atoms with E-state index in [-0.39, 0.29) is 11.1 Å². The predicted molar refractivity (Wildman–Crippen MR) is 94.4 cm³/mol. The Kier molecular flexibility index (Phi) is 4.69. The van der Waals surface area contributed by atoms with Crippen LogP contribution in [-0.2, 0) is 11.4 Å². The molecule has 0 spiro atoms. The molecule has 2 aromatic rings. The summed E-state index contributed by atoms with van der Waals surface area (Å²) in [5.41, 5.74) is 7.43. The molecule has 4 nitrogen and oxygen atoms in total. The fourth-order valence-electron chi connectivity index (χ4n) is 2.02. The maximum absolute atomic E-state index is 11.6. The van der Waals surface area contributed by atoms with Crippen molar-refractivity contribution in [3.63, 3.8) is 0 Å². The van der Waals surface area contributed by atoms with Crippen LogP contribution in [0.2, 0.25) is 5.02 Å². The number of halogens is 1. The van der Waals surface area contributed by atoms with Crippen molar-refractivity contribution in [2.45, 2.75) is 6.61 Å². The summed E-state index contributed by atoms with van der Waals surface area (Å²) in [5, 5.41) is 0.971. The van der Waals surface area contributed by atoms with Crippen molar-refractivity contribution in [3.05, 3.63) is 69.6 Å². The zero-order valence-electron chi connectivity index (χ0n) is 12.0. The van der Waals surface area contributed by atoms with E-state index in [1.54, 1.807) is 6.08 Å². The number of rotatable bonds is 4. The first-order chi connectivity index (χ1) is 11.1. The minimum absolute atomic E-state index is 0.274. The van der Waals surface area contributed by atoms with Crippen molar-refractivity contribution in [2.24, 2.45) is 10.7 Å². The number of ether oxygens (including phenoxy) is 1. The standard InChI is InChI=1S/C17H13ClN2O2S/c18-13-6-4-11(5-7-13)10-22-14-3-1-2-12(8-14)9-15-16(21)20-17(19)23-15/h1-9H,10H2,(H2,19,20,21)/b15-9+. The van der Waals surface area contributed by atoms with Gasteiger partial charge in [-0.3, -0.25) is 4.79 Å². The van der Waals surface area contributed by atoms with Gasteiger partial charge < -0.3 is 10.5 Å². The van der Waals surface area contributed by atoms with Crippen LogP contribution < -0.4 is 10.5 Å². The number of amidine groups is 1. The van der Waals surface area contributed by atoms with Crippen molar-refractivity contribution in [1.29, 1.82) is 0 Å². The maximum Gasteiger partial charge on any atom is 0.286 e. The van der Waals surface area contributed by atoms with Crippen LogP contribution in [0, 0.1) is 0 Å². The van der Waals surface area contributed by atoms with Gasteiger partial charge in [0.05, 0.1) is 4.91 Å². The topological polar surface area (TPSA) is 64.7 Å². The lowest BCUT2D eigenvalue weighted by atomic mass is 10.2. The minimum atomic E-state index is -0.306. The third-order valence-electron chi connectivity index (χ3n) is 3.11. The van der Waals surface area contributed by atoms with E-state index in [2.05, 4.69) is 4.99 Å². The van der Waals surface area contributed by atoms with Gasteiger partial charge in [0.15, 0.2) is 5.17 Å². The van der Waals surface area contributed by atoms with Gasteiger partial charge in [0.2, 0.25) is 0 Å². The lowest BCUT2D eigenvalue weighted by Gasteiger charge is -2.07. The van der Waals surface area contributed by atoms with Crippen molar-refractivity contribution in [2.75, 3.05) is 0 Å². The maximum atomic E-state index is 11.6. The fraction of sp³-hybridized carbons (Fsp3) is 0.0588. The third kappa shape index (κ3) is 4.15. The highest BCUT2D eigenvalue weighted by Crippen LogP contribution is 2.27. The summed E-state index contributed by atoms with van der Waals surface area (Å²) in [6.07, 6.45) is 1.76. The number of hydrogen-bond donors (Lipinski definition) is 1. The second-order valence-electron chi connectivity index (χ2n) is 4.85. The van der Waals surface area contributed by atoms with Crippen molar-refractivity contribution < 1.29 is 9.53 Å². The molecule has 116 valence electrons. The fourth-order valence-corrected chi connectivity index (χ4v) is 2.83. The van der Waals surface area contributed by atoms with Crippen LogP contribution in [0.5, 0.6) is 5.75 Å². The summed E-state index contributed by atoms with van der Waals surface area (Å²) >= 11 is 7.03. The lowest BCUT2D eigenvalue weighted by Crippen LogP contribution is -2.01.